The number of aryl methyl sites for hydroxylation is 1. The summed E-state index contributed by atoms with van der Waals surface area (Å²) in [6, 6.07) is 0. The molecule has 0 saturated carbocycles. The molecule has 0 aliphatic rings. The molecule has 1 aromatic rings. The molecular weight excluding hydrogens is 224 g/mol. The maximum absolute atomic E-state index is 11.6. The minimum atomic E-state index is -0.326. The molecule has 0 radical (unpaired) electrons. The lowest BCUT2D eigenvalue weighted by molar-refractivity contribution is 0.0519. The number of hydrogen-bond acceptors (Lipinski definition) is 5. The predicted molar refractivity (Wildman–Crippen MR) is 66.4 cm³/mol. The van der Waals surface area contributed by atoms with E-state index in [1.165, 1.54) is 11.3 Å². The molecule has 4 nitrogen and oxygen atoms in total. The van der Waals surface area contributed by atoms with Gasteiger partial charge in [0.2, 0.25) is 0 Å². The summed E-state index contributed by atoms with van der Waals surface area (Å²) in [5.41, 5.74) is 0.449. The molecule has 0 saturated heterocycles. The summed E-state index contributed by atoms with van der Waals surface area (Å²) >= 11 is 1.53. The number of ether oxygens (including phenoxy) is 1. The van der Waals surface area contributed by atoms with Gasteiger partial charge in [-0.1, -0.05) is 6.92 Å². The van der Waals surface area contributed by atoms with E-state index in [1.54, 1.807) is 6.92 Å². The number of aromatic nitrogens is 1. The molecule has 1 aromatic heterocycles. The van der Waals surface area contributed by atoms with E-state index in [2.05, 4.69) is 16.8 Å². The fourth-order valence-electron chi connectivity index (χ4n) is 1.37. The maximum atomic E-state index is 11.6. The zero-order valence-corrected chi connectivity index (χ0v) is 11.1. The molecule has 0 amide bonds. The fraction of sp³-hybridized carbons (Fsp3) is 0.636. The van der Waals surface area contributed by atoms with Crippen molar-refractivity contribution in [3.05, 3.63) is 10.6 Å². The molecule has 0 spiro atoms. The second-order valence-electron chi connectivity index (χ2n) is 3.54. The SMILES string of the molecule is CCCN(C)c1nc(C(=O)OCC)c(C)s1. The Morgan fingerprint density at radius 2 is 2.19 bits per heavy atom. The van der Waals surface area contributed by atoms with E-state index in [0.29, 0.717) is 12.3 Å². The Balaban J connectivity index is 2.84. The number of anilines is 1. The van der Waals surface area contributed by atoms with Gasteiger partial charge in [0.25, 0.3) is 0 Å². The van der Waals surface area contributed by atoms with Gasteiger partial charge in [-0.25, -0.2) is 9.78 Å². The normalized spacial score (nSPS) is 10.2. The average Bonchev–Trinajstić information content (AvgIpc) is 2.61. The summed E-state index contributed by atoms with van der Waals surface area (Å²) in [6.07, 6.45) is 1.06. The first-order valence-corrected chi connectivity index (χ1v) is 6.27. The van der Waals surface area contributed by atoms with Crippen LogP contribution in [0.4, 0.5) is 5.13 Å². The molecule has 0 unspecified atom stereocenters. The Hall–Kier alpha value is -1.10. The highest BCUT2D eigenvalue weighted by atomic mass is 32.1. The second-order valence-corrected chi connectivity index (χ2v) is 4.72. The van der Waals surface area contributed by atoms with E-state index >= 15 is 0 Å². The van der Waals surface area contributed by atoms with Gasteiger partial charge < -0.3 is 9.64 Å². The standard InChI is InChI=1S/C11H18N2O2S/c1-5-7-13(4)11-12-9(8(3)16-11)10(14)15-6-2/h5-7H2,1-4H3. The molecule has 0 atom stereocenters. The second kappa shape index (κ2) is 5.84. The Morgan fingerprint density at radius 1 is 1.50 bits per heavy atom. The van der Waals surface area contributed by atoms with Crippen LogP contribution in [0.1, 0.15) is 35.6 Å². The minimum absolute atomic E-state index is 0.326. The van der Waals surface area contributed by atoms with Crippen molar-refractivity contribution in [2.75, 3.05) is 25.1 Å². The molecular formula is C11H18N2O2S. The number of rotatable bonds is 5. The maximum Gasteiger partial charge on any atom is 0.358 e. The van der Waals surface area contributed by atoms with Crippen molar-refractivity contribution in [1.29, 1.82) is 0 Å². The van der Waals surface area contributed by atoms with Crippen LogP contribution in [0.15, 0.2) is 0 Å². The van der Waals surface area contributed by atoms with E-state index in [9.17, 15) is 4.79 Å². The molecule has 1 rings (SSSR count). The summed E-state index contributed by atoms with van der Waals surface area (Å²) in [4.78, 5) is 18.8. The Labute approximate surface area is 100 Å². The minimum Gasteiger partial charge on any atom is -0.461 e. The lowest BCUT2D eigenvalue weighted by Gasteiger charge is -2.13. The van der Waals surface area contributed by atoms with Crippen LogP contribution in [-0.4, -0.2) is 31.2 Å². The van der Waals surface area contributed by atoms with E-state index in [-0.39, 0.29) is 5.97 Å². The van der Waals surface area contributed by atoms with Crippen LogP contribution in [0.5, 0.6) is 0 Å². The van der Waals surface area contributed by atoms with Gasteiger partial charge in [0.05, 0.1) is 6.61 Å². The van der Waals surface area contributed by atoms with Gasteiger partial charge in [-0.2, -0.15) is 0 Å². The van der Waals surface area contributed by atoms with Gasteiger partial charge in [-0.3, -0.25) is 0 Å². The van der Waals surface area contributed by atoms with Crippen LogP contribution < -0.4 is 4.90 Å². The number of hydrogen-bond donors (Lipinski definition) is 0. The van der Waals surface area contributed by atoms with Gasteiger partial charge in [-0.05, 0) is 20.3 Å². The van der Waals surface area contributed by atoms with Crippen LogP contribution >= 0.6 is 11.3 Å². The number of nitrogens with zero attached hydrogens (tertiary/aromatic N) is 2. The lowest BCUT2D eigenvalue weighted by atomic mass is 10.4. The van der Waals surface area contributed by atoms with E-state index in [1.807, 2.05) is 14.0 Å². The van der Waals surface area contributed by atoms with Gasteiger partial charge in [-0.15, -0.1) is 11.3 Å². The van der Waals surface area contributed by atoms with Crippen LogP contribution in [0.25, 0.3) is 0 Å². The zero-order chi connectivity index (χ0) is 12.1. The molecule has 0 aliphatic heterocycles. The summed E-state index contributed by atoms with van der Waals surface area (Å²) in [6.45, 7) is 7.13. The molecule has 5 heteroatoms. The first-order valence-electron chi connectivity index (χ1n) is 5.45. The van der Waals surface area contributed by atoms with Gasteiger partial charge in [0.15, 0.2) is 10.8 Å². The first-order chi connectivity index (χ1) is 7.60. The van der Waals surface area contributed by atoms with Crippen molar-refractivity contribution in [3.8, 4) is 0 Å². The highest BCUT2D eigenvalue weighted by molar-refractivity contribution is 7.15. The van der Waals surface area contributed by atoms with Crippen LogP contribution in [0.2, 0.25) is 0 Å². The van der Waals surface area contributed by atoms with Crippen molar-refractivity contribution < 1.29 is 9.53 Å². The molecule has 0 bridgehead atoms. The summed E-state index contributed by atoms with van der Waals surface area (Å²) in [5.74, 6) is -0.326. The first kappa shape index (κ1) is 13.0. The van der Waals surface area contributed by atoms with E-state index in [4.69, 9.17) is 4.74 Å². The molecule has 16 heavy (non-hydrogen) atoms. The van der Waals surface area contributed by atoms with E-state index < -0.39 is 0 Å². The zero-order valence-electron chi connectivity index (χ0n) is 10.2. The highest BCUT2D eigenvalue weighted by Crippen LogP contribution is 2.25. The topological polar surface area (TPSA) is 42.4 Å². The third kappa shape index (κ3) is 2.95. The van der Waals surface area contributed by atoms with Crippen molar-refractivity contribution in [2.24, 2.45) is 0 Å². The van der Waals surface area contributed by atoms with E-state index in [0.717, 1.165) is 23.0 Å². The summed E-state index contributed by atoms with van der Waals surface area (Å²) in [7, 11) is 1.98. The number of esters is 1. The molecule has 0 fully saturated rings. The Morgan fingerprint density at radius 3 is 2.75 bits per heavy atom. The lowest BCUT2D eigenvalue weighted by Crippen LogP contribution is -2.17. The molecule has 1 heterocycles. The molecule has 90 valence electrons. The molecule has 0 aliphatic carbocycles. The van der Waals surface area contributed by atoms with Crippen LogP contribution in [0, 0.1) is 6.92 Å². The number of carbonyl (C=O) groups excluding carboxylic acids is 1. The van der Waals surface area contributed by atoms with Crippen molar-refractivity contribution in [1.82, 2.24) is 4.98 Å². The van der Waals surface area contributed by atoms with Crippen molar-refractivity contribution in [2.45, 2.75) is 27.2 Å². The van der Waals surface area contributed by atoms with Crippen LogP contribution in [0.3, 0.4) is 0 Å². The van der Waals surface area contributed by atoms with Gasteiger partial charge in [0, 0.05) is 18.5 Å². The molecule has 0 aromatic carbocycles. The highest BCUT2D eigenvalue weighted by Gasteiger charge is 2.17. The third-order valence-corrected chi connectivity index (χ3v) is 3.22. The monoisotopic (exact) mass is 242 g/mol. The summed E-state index contributed by atoms with van der Waals surface area (Å²) < 4.78 is 4.95. The molecule has 0 N–H and O–H groups in total. The van der Waals surface area contributed by atoms with Crippen molar-refractivity contribution in [3.63, 3.8) is 0 Å². The van der Waals surface area contributed by atoms with Gasteiger partial charge in [0.1, 0.15) is 0 Å². The van der Waals surface area contributed by atoms with Crippen LogP contribution in [-0.2, 0) is 4.74 Å². The Kier molecular flexibility index (Phi) is 4.73. The smallest absolute Gasteiger partial charge is 0.358 e. The quantitative estimate of drug-likeness (QED) is 0.744. The fourth-order valence-corrected chi connectivity index (χ4v) is 2.25. The summed E-state index contributed by atoms with van der Waals surface area (Å²) in [5, 5.41) is 0.877. The number of carbonyl (C=O) groups is 1. The Bertz CT molecular complexity index is 363. The number of thiazole rings is 1. The largest absolute Gasteiger partial charge is 0.461 e. The third-order valence-electron chi connectivity index (χ3n) is 2.14. The van der Waals surface area contributed by atoms with Crippen molar-refractivity contribution >= 4 is 22.4 Å². The predicted octanol–water partition coefficient (Wildman–Crippen LogP) is 2.47. The van der Waals surface area contributed by atoms with Gasteiger partial charge >= 0.3 is 5.97 Å². The average molecular weight is 242 g/mol.